The summed E-state index contributed by atoms with van der Waals surface area (Å²) in [5, 5.41) is 5.59. The molecule has 0 saturated carbocycles. The van der Waals surface area contributed by atoms with Gasteiger partial charge < -0.3 is 20.3 Å². The monoisotopic (exact) mass is 401 g/mol. The molecule has 2 N–H and O–H groups in total. The zero-order valence-electron chi connectivity index (χ0n) is 17.4. The molecule has 1 aromatic rings. The van der Waals surface area contributed by atoms with Crippen LogP contribution < -0.4 is 10.6 Å². The Balaban J connectivity index is 1.65. The van der Waals surface area contributed by atoms with Crippen LogP contribution in [0.1, 0.15) is 45.6 Å². The minimum Gasteiger partial charge on any atom is -0.444 e. The Hall–Kier alpha value is -2.83. The van der Waals surface area contributed by atoms with E-state index in [0.29, 0.717) is 13.1 Å². The Kier molecular flexibility index (Phi) is 8.24. The van der Waals surface area contributed by atoms with Gasteiger partial charge in [-0.3, -0.25) is 9.59 Å². The molecule has 158 valence electrons. The number of hydrogen-bond donors (Lipinski definition) is 2. The summed E-state index contributed by atoms with van der Waals surface area (Å²) in [5.74, 6) is -0.130. The molecule has 0 bridgehead atoms. The van der Waals surface area contributed by atoms with Crippen LogP contribution in [0.2, 0.25) is 0 Å². The zero-order valence-corrected chi connectivity index (χ0v) is 17.4. The van der Waals surface area contributed by atoms with Gasteiger partial charge in [0, 0.05) is 38.2 Å². The number of benzene rings is 1. The van der Waals surface area contributed by atoms with Gasteiger partial charge in [-0.2, -0.15) is 0 Å². The second-order valence-electron chi connectivity index (χ2n) is 8.09. The molecule has 1 aromatic carbocycles. The lowest BCUT2D eigenvalue weighted by atomic mass is 10.0. The second kappa shape index (κ2) is 10.6. The topological polar surface area (TPSA) is 87.7 Å². The van der Waals surface area contributed by atoms with Crippen LogP contribution in [0, 0.1) is 0 Å². The number of ether oxygens (including phenoxy) is 1. The molecule has 0 unspecified atom stereocenters. The highest BCUT2D eigenvalue weighted by molar-refractivity contribution is 5.91. The van der Waals surface area contributed by atoms with Crippen molar-refractivity contribution in [1.29, 1.82) is 0 Å². The highest BCUT2D eigenvalue weighted by Gasteiger charge is 2.23. The van der Waals surface area contributed by atoms with Crippen LogP contribution in [0.15, 0.2) is 36.4 Å². The summed E-state index contributed by atoms with van der Waals surface area (Å²) in [6.07, 6.45) is 4.47. The Bertz CT molecular complexity index is 717. The average Bonchev–Trinajstić information content (AvgIpc) is 2.66. The maximum Gasteiger partial charge on any atom is 0.407 e. The molecular weight excluding hydrogens is 370 g/mol. The van der Waals surface area contributed by atoms with Crippen molar-refractivity contribution in [2.75, 3.05) is 19.6 Å². The number of carbonyl (C=O) groups is 3. The number of piperidine rings is 1. The van der Waals surface area contributed by atoms with E-state index in [0.717, 1.165) is 18.4 Å². The minimum atomic E-state index is -0.559. The third-order valence-electron chi connectivity index (χ3n) is 4.43. The highest BCUT2D eigenvalue weighted by Crippen LogP contribution is 2.12. The highest BCUT2D eigenvalue weighted by atomic mass is 16.6. The lowest BCUT2D eigenvalue weighted by Gasteiger charge is -2.32. The van der Waals surface area contributed by atoms with E-state index in [-0.39, 0.29) is 30.8 Å². The van der Waals surface area contributed by atoms with E-state index in [4.69, 9.17) is 4.74 Å². The third kappa shape index (κ3) is 8.81. The summed E-state index contributed by atoms with van der Waals surface area (Å²) in [5.41, 5.74) is 0.416. The van der Waals surface area contributed by atoms with E-state index < -0.39 is 11.7 Å². The Morgan fingerprint density at radius 1 is 1.14 bits per heavy atom. The molecule has 1 heterocycles. The molecular formula is C22H31N3O4. The number of likely N-dealkylation sites (tertiary alicyclic amines) is 1. The fourth-order valence-electron chi connectivity index (χ4n) is 3.00. The third-order valence-corrected chi connectivity index (χ3v) is 4.43. The van der Waals surface area contributed by atoms with Gasteiger partial charge in [0.25, 0.3) is 0 Å². The summed E-state index contributed by atoms with van der Waals surface area (Å²) in [6.45, 7) is 6.81. The van der Waals surface area contributed by atoms with Crippen LogP contribution in [0.4, 0.5) is 4.79 Å². The molecule has 2 rings (SSSR count). The van der Waals surface area contributed by atoms with Gasteiger partial charge in [0.05, 0.1) is 0 Å². The van der Waals surface area contributed by atoms with Crippen molar-refractivity contribution in [1.82, 2.24) is 15.5 Å². The van der Waals surface area contributed by atoms with Crippen molar-refractivity contribution >= 4 is 24.0 Å². The van der Waals surface area contributed by atoms with Crippen molar-refractivity contribution in [3.8, 4) is 0 Å². The smallest absolute Gasteiger partial charge is 0.407 e. The van der Waals surface area contributed by atoms with Gasteiger partial charge in [0.1, 0.15) is 5.60 Å². The minimum absolute atomic E-state index is 0.00481. The number of nitrogens with zero attached hydrogens (tertiary/aromatic N) is 1. The van der Waals surface area contributed by atoms with E-state index in [2.05, 4.69) is 10.6 Å². The molecule has 0 atom stereocenters. The van der Waals surface area contributed by atoms with Gasteiger partial charge in [-0.1, -0.05) is 30.3 Å². The Morgan fingerprint density at radius 3 is 2.41 bits per heavy atom. The first-order valence-electron chi connectivity index (χ1n) is 10.0. The quantitative estimate of drug-likeness (QED) is 0.718. The van der Waals surface area contributed by atoms with E-state index in [1.807, 2.05) is 30.3 Å². The summed E-state index contributed by atoms with van der Waals surface area (Å²) in [7, 11) is 0. The van der Waals surface area contributed by atoms with Gasteiger partial charge in [-0.25, -0.2) is 4.79 Å². The van der Waals surface area contributed by atoms with Crippen molar-refractivity contribution < 1.29 is 19.1 Å². The fraction of sp³-hybridized carbons (Fsp3) is 0.500. The van der Waals surface area contributed by atoms with Crippen LogP contribution in [0.5, 0.6) is 0 Å². The maximum absolute atomic E-state index is 12.3. The summed E-state index contributed by atoms with van der Waals surface area (Å²) in [6, 6.07) is 9.71. The molecule has 0 aliphatic carbocycles. The normalized spacial score (nSPS) is 15.2. The predicted molar refractivity (Wildman–Crippen MR) is 112 cm³/mol. The van der Waals surface area contributed by atoms with Crippen LogP contribution in [0.25, 0.3) is 6.08 Å². The molecule has 1 aliphatic rings. The lowest BCUT2D eigenvalue weighted by molar-refractivity contribution is -0.132. The SMILES string of the molecule is CC(C)(C)OC(=O)NCCC(=O)N1CCC(NC(=O)/C=C/c2ccccc2)CC1. The van der Waals surface area contributed by atoms with Crippen LogP contribution in [-0.2, 0) is 14.3 Å². The van der Waals surface area contributed by atoms with Crippen LogP contribution in [-0.4, -0.2) is 54.1 Å². The Labute approximate surface area is 172 Å². The second-order valence-corrected chi connectivity index (χ2v) is 8.09. The van der Waals surface area contributed by atoms with Gasteiger partial charge in [0.2, 0.25) is 11.8 Å². The van der Waals surface area contributed by atoms with E-state index in [1.54, 1.807) is 31.7 Å². The zero-order chi connectivity index (χ0) is 21.3. The first-order chi connectivity index (χ1) is 13.7. The lowest BCUT2D eigenvalue weighted by Crippen LogP contribution is -2.46. The van der Waals surface area contributed by atoms with Gasteiger partial charge in [-0.15, -0.1) is 0 Å². The summed E-state index contributed by atoms with van der Waals surface area (Å²) in [4.78, 5) is 37.7. The van der Waals surface area contributed by atoms with Crippen molar-refractivity contribution in [3.05, 3.63) is 42.0 Å². The molecule has 0 radical (unpaired) electrons. The van der Waals surface area contributed by atoms with Crippen molar-refractivity contribution in [3.63, 3.8) is 0 Å². The number of carbonyl (C=O) groups excluding carboxylic acids is 3. The van der Waals surface area contributed by atoms with Crippen molar-refractivity contribution in [2.24, 2.45) is 0 Å². The van der Waals surface area contributed by atoms with Gasteiger partial charge in [-0.05, 0) is 45.3 Å². The molecule has 0 spiro atoms. The number of alkyl carbamates (subject to hydrolysis) is 1. The van der Waals surface area contributed by atoms with Gasteiger partial charge >= 0.3 is 6.09 Å². The molecule has 1 fully saturated rings. The summed E-state index contributed by atoms with van der Waals surface area (Å²) < 4.78 is 5.14. The number of rotatable bonds is 6. The molecule has 7 nitrogen and oxygen atoms in total. The maximum atomic E-state index is 12.3. The van der Waals surface area contributed by atoms with E-state index >= 15 is 0 Å². The van der Waals surface area contributed by atoms with Gasteiger partial charge in [0.15, 0.2) is 0 Å². The largest absolute Gasteiger partial charge is 0.444 e. The first-order valence-corrected chi connectivity index (χ1v) is 10.0. The molecule has 29 heavy (non-hydrogen) atoms. The summed E-state index contributed by atoms with van der Waals surface area (Å²) >= 11 is 0. The molecule has 7 heteroatoms. The fourth-order valence-corrected chi connectivity index (χ4v) is 3.00. The van der Waals surface area contributed by atoms with E-state index in [9.17, 15) is 14.4 Å². The molecule has 3 amide bonds. The standard InChI is InChI=1S/C22H31N3O4/c1-22(2,3)29-21(28)23-14-11-20(27)25-15-12-18(13-16-25)24-19(26)10-9-17-7-5-4-6-8-17/h4-10,18H,11-16H2,1-3H3,(H,23,28)(H,24,26)/b10-9+. The average molecular weight is 402 g/mol. The molecule has 1 aliphatic heterocycles. The van der Waals surface area contributed by atoms with Crippen molar-refractivity contribution in [2.45, 2.75) is 51.7 Å². The number of hydrogen-bond acceptors (Lipinski definition) is 4. The number of nitrogens with one attached hydrogen (secondary N) is 2. The number of amides is 3. The van der Waals surface area contributed by atoms with Crippen LogP contribution >= 0.6 is 0 Å². The first kappa shape index (κ1) is 22.5. The van der Waals surface area contributed by atoms with Crippen LogP contribution in [0.3, 0.4) is 0 Å². The Morgan fingerprint density at radius 2 is 1.79 bits per heavy atom. The van der Waals surface area contributed by atoms with E-state index in [1.165, 1.54) is 6.08 Å². The predicted octanol–water partition coefficient (Wildman–Crippen LogP) is 2.72. The molecule has 0 aromatic heterocycles. The molecule has 1 saturated heterocycles.